The minimum Gasteiger partial charge on any atom is -0.383 e. The Bertz CT molecular complexity index is 795. The Morgan fingerprint density at radius 2 is 1.86 bits per heavy atom. The van der Waals surface area contributed by atoms with Gasteiger partial charge in [-0.25, -0.2) is 9.97 Å². The molecule has 1 aromatic carbocycles. The number of anilines is 1. The summed E-state index contributed by atoms with van der Waals surface area (Å²) in [7, 11) is 1.88. The Morgan fingerprint density at radius 3 is 2.48 bits per heavy atom. The number of aryl methyl sites for hydroxylation is 2. The van der Waals surface area contributed by atoms with Gasteiger partial charge in [0.1, 0.15) is 5.82 Å². The number of benzene rings is 1. The molecule has 0 bridgehead atoms. The molecule has 0 aliphatic heterocycles. The quantitative estimate of drug-likeness (QED) is 0.682. The van der Waals surface area contributed by atoms with Gasteiger partial charge in [-0.05, 0) is 29.5 Å². The molecule has 2 heterocycles. The van der Waals surface area contributed by atoms with Crippen LogP contribution in [0.25, 0.3) is 22.6 Å². The molecule has 6 heteroatoms. The molecule has 0 fully saturated rings. The van der Waals surface area contributed by atoms with Gasteiger partial charge in [-0.1, -0.05) is 30.3 Å². The van der Waals surface area contributed by atoms with Crippen molar-refractivity contribution in [1.82, 2.24) is 19.7 Å². The molecule has 0 radical (unpaired) electrons. The number of aromatic nitrogens is 4. The molecule has 106 valence electrons. The third-order valence-electron chi connectivity index (χ3n) is 3.18. The first kappa shape index (κ1) is 14.0. The smallest absolute Gasteiger partial charge is 0.165 e. The summed E-state index contributed by atoms with van der Waals surface area (Å²) in [5.74, 6) is 1.10. The molecule has 3 aromatic rings. The van der Waals surface area contributed by atoms with Crippen molar-refractivity contribution in [3.63, 3.8) is 0 Å². The van der Waals surface area contributed by atoms with E-state index in [9.17, 15) is 0 Å². The Balaban J connectivity index is 2.21. The van der Waals surface area contributed by atoms with E-state index >= 15 is 0 Å². The van der Waals surface area contributed by atoms with E-state index in [1.165, 1.54) is 0 Å². The second-order valence-corrected chi connectivity index (χ2v) is 5.84. The van der Waals surface area contributed by atoms with Crippen LogP contribution >= 0.6 is 22.6 Å². The second kappa shape index (κ2) is 5.44. The SMILES string of the molecule is Cc1nn(C)cc1-c1nc(N)c(I)c(-c2ccccc2)n1. The third kappa shape index (κ3) is 2.63. The first-order valence-electron chi connectivity index (χ1n) is 6.45. The van der Waals surface area contributed by atoms with Gasteiger partial charge < -0.3 is 5.73 Å². The number of hydrogen-bond donors (Lipinski definition) is 1. The lowest BCUT2D eigenvalue weighted by atomic mass is 10.1. The summed E-state index contributed by atoms with van der Waals surface area (Å²) in [5, 5.41) is 4.34. The van der Waals surface area contributed by atoms with Gasteiger partial charge >= 0.3 is 0 Å². The normalized spacial score (nSPS) is 10.8. The predicted octanol–water partition coefficient (Wildman–Crippen LogP) is 3.04. The molecular formula is C15H14IN5. The van der Waals surface area contributed by atoms with Crippen LogP contribution in [0.15, 0.2) is 36.5 Å². The highest BCUT2D eigenvalue weighted by atomic mass is 127. The van der Waals surface area contributed by atoms with Crippen LogP contribution < -0.4 is 5.73 Å². The van der Waals surface area contributed by atoms with E-state index in [0.717, 1.165) is 26.1 Å². The average molecular weight is 391 g/mol. The minimum atomic E-state index is 0.489. The van der Waals surface area contributed by atoms with Gasteiger partial charge in [-0.3, -0.25) is 4.68 Å². The van der Waals surface area contributed by atoms with Gasteiger partial charge in [0, 0.05) is 18.8 Å². The van der Waals surface area contributed by atoms with Gasteiger partial charge in [0.05, 0.1) is 20.5 Å². The van der Waals surface area contributed by atoms with E-state index in [1.54, 1.807) is 4.68 Å². The minimum absolute atomic E-state index is 0.489. The average Bonchev–Trinajstić information content (AvgIpc) is 2.81. The monoisotopic (exact) mass is 391 g/mol. The van der Waals surface area contributed by atoms with E-state index in [-0.39, 0.29) is 0 Å². The first-order chi connectivity index (χ1) is 10.1. The number of rotatable bonds is 2. The molecular weight excluding hydrogens is 377 g/mol. The molecule has 3 rings (SSSR count). The van der Waals surface area contributed by atoms with Crippen molar-refractivity contribution in [1.29, 1.82) is 0 Å². The number of nitrogens with zero attached hydrogens (tertiary/aromatic N) is 4. The lowest BCUT2D eigenvalue weighted by Gasteiger charge is -2.08. The maximum absolute atomic E-state index is 6.07. The summed E-state index contributed by atoms with van der Waals surface area (Å²) in [6.07, 6.45) is 1.91. The van der Waals surface area contributed by atoms with E-state index < -0.39 is 0 Å². The summed E-state index contributed by atoms with van der Waals surface area (Å²) in [5.41, 5.74) is 9.73. The van der Waals surface area contributed by atoms with Crippen molar-refractivity contribution in [2.45, 2.75) is 6.92 Å². The van der Waals surface area contributed by atoms with Crippen LogP contribution in [-0.2, 0) is 7.05 Å². The summed E-state index contributed by atoms with van der Waals surface area (Å²) < 4.78 is 2.62. The maximum atomic E-state index is 6.07. The van der Waals surface area contributed by atoms with Gasteiger partial charge in [-0.15, -0.1) is 0 Å². The van der Waals surface area contributed by atoms with Gasteiger partial charge in [0.2, 0.25) is 0 Å². The fraction of sp³-hybridized carbons (Fsp3) is 0.133. The standard InChI is InChI=1S/C15H14IN5/c1-9-11(8-21(2)20-9)15-18-13(12(16)14(17)19-15)10-6-4-3-5-7-10/h3-8H,1-2H3,(H2,17,18,19). The van der Waals surface area contributed by atoms with E-state index in [4.69, 9.17) is 10.7 Å². The van der Waals surface area contributed by atoms with Crippen LogP contribution in [0.3, 0.4) is 0 Å². The van der Waals surface area contributed by atoms with Crippen LogP contribution in [0.5, 0.6) is 0 Å². The molecule has 0 saturated heterocycles. The molecule has 2 N–H and O–H groups in total. The van der Waals surface area contributed by atoms with Crippen molar-refractivity contribution < 1.29 is 0 Å². The zero-order chi connectivity index (χ0) is 15.0. The summed E-state index contributed by atoms with van der Waals surface area (Å²) in [4.78, 5) is 9.10. The van der Waals surface area contributed by atoms with Crippen molar-refractivity contribution in [2.75, 3.05) is 5.73 Å². The largest absolute Gasteiger partial charge is 0.383 e. The highest BCUT2D eigenvalue weighted by Crippen LogP contribution is 2.29. The van der Waals surface area contributed by atoms with Gasteiger partial charge in [0.15, 0.2) is 5.82 Å². The fourth-order valence-corrected chi connectivity index (χ4v) is 2.74. The fourth-order valence-electron chi connectivity index (χ4n) is 2.19. The molecule has 2 aromatic heterocycles. The van der Waals surface area contributed by atoms with Crippen molar-refractivity contribution in [3.8, 4) is 22.6 Å². The first-order valence-corrected chi connectivity index (χ1v) is 7.53. The van der Waals surface area contributed by atoms with Crippen LogP contribution in [0.4, 0.5) is 5.82 Å². The van der Waals surface area contributed by atoms with Gasteiger partial charge in [-0.2, -0.15) is 5.10 Å². The highest BCUT2D eigenvalue weighted by molar-refractivity contribution is 14.1. The Hall–Kier alpha value is -1.96. The van der Waals surface area contributed by atoms with Crippen LogP contribution in [0.1, 0.15) is 5.69 Å². The molecule has 0 amide bonds. The maximum Gasteiger partial charge on any atom is 0.165 e. The Labute approximate surface area is 136 Å². The Kier molecular flexibility index (Phi) is 3.62. The van der Waals surface area contributed by atoms with E-state index in [2.05, 4.69) is 32.7 Å². The van der Waals surface area contributed by atoms with Crippen molar-refractivity contribution in [2.24, 2.45) is 7.05 Å². The van der Waals surface area contributed by atoms with Gasteiger partial charge in [0.25, 0.3) is 0 Å². The predicted molar refractivity (Wildman–Crippen MR) is 91.5 cm³/mol. The number of halogens is 1. The molecule has 0 aliphatic carbocycles. The third-order valence-corrected chi connectivity index (χ3v) is 4.24. The van der Waals surface area contributed by atoms with Crippen LogP contribution in [-0.4, -0.2) is 19.7 Å². The van der Waals surface area contributed by atoms with Crippen molar-refractivity contribution >= 4 is 28.4 Å². The topological polar surface area (TPSA) is 69.6 Å². The van der Waals surface area contributed by atoms with E-state index in [0.29, 0.717) is 11.6 Å². The number of hydrogen-bond acceptors (Lipinski definition) is 4. The zero-order valence-corrected chi connectivity index (χ0v) is 13.9. The number of nitrogens with two attached hydrogens (primary N) is 1. The lowest BCUT2D eigenvalue weighted by molar-refractivity contribution is 0.756. The number of nitrogen functional groups attached to an aromatic ring is 1. The highest BCUT2D eigenvalue weighted by Gasteiger charge is 2.15. The molecule has 21 heavy (non-hydrogen) atoms. The van der Waals surface area contributed by atoms with Crippen LogP contribution in [0, 0.1) is 10.5 Å². The Morgan fingerprint density at radius 1 is 1.14 bits per heavy atom. The van der Waals surface area contributed by atoms with E-state index in [1.807, 2.05) is 50.5 Å². The zero-order valence-electron chi connectivity index (χ0n) is 11.7. The molecule has 5 nitrogen and oxygen atoms in total. The second-order valence-electron chi connectivity index (χ2n) is 4.76. The summed E-state index contributed by atoms with van der Waals surface area (Å²) in [6.45, 7) is 1.94. The lowest BCUT2D eigenvalue weighted by Crippen LogP contribution is -2.02. The molecule has 0 saturated carbocycles. The summed E-state index contributed by atoms with van der Waals surface area (Å²) in [6, 6.07) is 9.98. The molecule has 0 atom stereocenters. The van der Waals surface area contributed by atoms with Crippen LogP contribution in [0.2, 0.25) is 0 Å². The molecule has 0 aliphatic rings. The molecule has 0 spiro atoms. The summed E-state index contributed by atoms with van der Waals surface area (Å²) >= 11 is 2.19. The van der Waals surface area contributed by atoms with Crippen molar-refractivity contribution in [3.05, 3.63) is 45.8 Å². The molecule has 0 unspecified atom stereocenters.